The molecule has 0 radical (unpaired) electrons. The number of nitrogens with two attached hydrogens (primary N) is 2. The van der Waals surface area contributed by atoms with Crippen molar-refractivity contribution in [3.05, 3.63) is 12.2 Å². The molecule has 1 fully saturated rings. The third-order valence-corrected chi connectivity index (χ3v) is 7.21. The van der Waals surface area contributed by atoms with E-state index >= 15 is 0 Å². The van der Waals surface area contributed by atoms with Gasteiger partial charge in [-0.15, -0.1) is 0 Å². The molecule has 7 atom stereocenters. The molecule has 1 aliphatic heterocycles. The third-order valence-electron chi connectivity index (χ3n) is 7.21. The molecular weight excluding hydrogens is 616 g/mol. The molecule has 17 heteroatoms. The molecule has 17 nitrogen and oxygen atoms in total. The van der Waals surface area contributed by atoms with Crippen molar-refractivity contribution in [1.29, 1.82) is 0 Å². The monoisotopic (exact) mass is 668 g/mol. The van der Waals surface area contributed by atoms with Crippen LogP contribution in [0.25, 0.3) is 0 Å². The number of aliphatic carboxylic acids is 2. The molecule has 1 rings (SSSR count). The smallest absolute Gasteiger partial charge is 0.328 e. The van der Waals surface area contributed by atoms with Gasteiger partial charge in [-0.2, -0.15) is 0 Å². The van der Waals surface area contributed by atoms with Crippen LogP contribution in [-0.2, 0) is 28.8 Å². The standard InChI is InChI=1S/C30H52N8O9/c1-6-18(26(43)34-17(9-10-23(41)42)8-7-11-33-30(31)32)35-22(40)14-21(39)19(12-15(2)3)36-27(44)20(13-16(4)5)37-28(45)24-25(38-24)29(46)47/h9-10,15-21,24-25,38-39H,6-8,11-14H2,1-5H3,(H,34,43)(H,35,40)(H,36,44)(H,37,45)(H,41,42)(H,46,47)(H4,31,32,33). The fourth-order valence-corrected chi connectivity index (χ4v) is 4.80. The summed E-state index contributed by atoms with van der Waals surface area (Å²) < 4.78 is 0. The number of carboxylic acids is 2. The summed E-state index contributed by atoms with van der Waals surface area (Å²) in [6.07, 6.45) is 1.91. The van der Waals surface area contributed by atoms with Crippen molar-refractivity contribution in [3.63, 3.8) is 0 Å². The number of rotatable bonds is 22. The number of carboxylic acid groups (broad SMARTS) is 2. The maximum absolute atomic E-state index is 13.3. The van der Waals surface area contributed by atoms with Crippen molar-refractivity contribution in [2.75, 3.05) is 6.54 Å². The topological polar surface area (TPSA) is 298 Å². The van der Waals surface area contributed by atoms with Gasteiger partial charge in [0.2, 0.25) is 23.6 Å². The largest absolute Gasteiger partial charge is 0.480 e. The highest BCUT2D eigenvalue weighted by Gasteiger charge is 2.48. The van der Waals surface area contributed by atoms with Crippen molar-refractivity contribution in [1.82, 2.24) is 26.6 Å². The summed E-state index contributed by atoms with van der Waals surface area (Å²) in [6, 6.07) is -5.54. The fourth-order valence-electron chi connectivity index (χ4n) is 4.80. The number of carbonyl (C=O) groups is 6. The molecule has 1 heterocycles. The van der Waals surface area contributed by atoms with Crippen LogP contribution in [0.4, 0.5) is 0 Å². The molecule has 0 bridgehead atoms. The maximum atomic E-state index is 13.3. The van der Waals surface area contributed by atoms with Crippen LogP contribution in [0.2, 0.25) is 0 Å². The first-order valence-corrected chi connectivity index (χ1v) is 15.8. The molecule has 4 amide bonds. The number of hydrogen-bond acceptors (Lipinski definition) is 9. The molecule has 47 heavy (non-hydrogen) atoms. The normalized spacial score (nSPS) is 18.8. The Morgan fingerprint density at radius 1 is 0.872 bits per heavy atom. The number of amides is 4. The highest BCUT2D eigenvalue weighted by molar-refractivity contribution is 5.97. The Balaban J connectivity index is 2.90. The molecule has 266 valence electrons. The van der Waals surface area contributed by atoms with Gasteiger partial charge in [-0.3, -0.25) is 34.3 Å². The number of guanidine groups is 1. The van der Waals surface area contributed by atoms with Crippen molar-refractivity contribution in [2.45, 2.75) is 115 Å². The number of nitrogens with zero attached hydrogens (tertiary/aromatic N) is 1. The van der Waals surface area contributed by atoms with Crippen LogP contribution in [0, 0.1) is 11.8 Å². The minimum Gasteiger partial charge on any atom is -0.480 e. The van der Waals surface area contributed by atoms with E-state index < -0.39 is 84.3 Å². The quantitative estimate of drug-likeness (QED) is 0.0203. The fraction of sp³-hybridized carbons (Fsp3) is 0.700. The average molecular weight is 669 g/mol. The molecule has 1 aliphatic rings. The van der Waals surface area contributed by atoms with E-state index in [-0.39, 0.29) is 37.2 Å². The van der Waals surface area contributed by atoms with E-state index in [4.69, 9.17) is 21.7 Å². The zero-order valence-electron chi connectivity index (χ0n) is 27.7. The number of hydrogen-bond donors (Lipinski definition) is 10. The molecule has 0 spiro atoms. The number of aliphatic hydroxyl groups is 1. The van der Waals surface area contributed by atoms with Crippen LogP contribution in [0.5, 0.6) is 0 Å². The summed E-state index contributed by atoms with van der Waals surface area (Å²) in [6.45, 7) is 9.38. The van der Waals surface area contributed by atoms with Gasteiger partial charge >= 0.3 is 11.9 Å². The summed E-state index contributed by atoms with van der Waals surface area (Å²) in [5.41, 5.74) is 10.6. The molecule has 0 aromatic heterocycles. The molecule has 7 unspecified atom stereocenters. The van der Waals surface area contributed by atoms with E-state index in [9.17, 15) is 33.9 Å². The first-order valence-electron chi connectivity index (χ1n) is 15.8. The van der Waals surface area contributed by atoms with Gasteiger partial charge < -0.3 is 48.1 Å². The minimum absolute atomic E-state index is 0.0000761. The zero-order chi connectivity index (χ0) is 35.8. The van der Waals surface area contributed by atoms with E-state index in [0.29, 0.717) is 19.3 Å². The van der Waals surface area contributed by atoms with Gasteiger partial charge in [-0.1, -0.05) is 40.7 Å². The van der Waals surface area contributed by atoms with Gasteiger partial charge in [-0.05, 0) is 43.9 Å². The van der Waals surface area contributed by atoms with Crippen LogP contribution in [0.1, 0.15) is 73.1 Å². The second kappa shape index (κ2) is 20.1. The van der Waals surface area contributed by atoms with Gasteiger partial charge in [0.05, 0.1) is 18.6 Å². The van der Waals surface area contributed by atoms with E-state index in [0.717, 1.165) is 6.08 Å². The van der Waals surface area contributed by atoms with Crippen molar-refractivity contribution in [3.8, 4) is 0 Å². The second-order valence-electron chi connectivity index (χ2n) is 12.5. The average Bonchev–Trinajstić information content (AvgIpc) is 3.77. The van der Waals surface area contributed by atoms with E-state index in [1.165, 1.54) is 6.08 Å². The summed E-state index contributed by atoms with van der Waals surface area (Å²) >= 11 is 0. The molecule has 0 aliphatic carbocycles. The van der Waals surface area contributed by atoms with E-state index in [1.807, 2.05) is 27.7 Å². The molecular formula is C30H52N8O9. The molecule has 0 aromatic rings. The van der Waals surface area contributed by atoms with Crippen LogP contribution < -0.4 is 38.1 Å². The van der Waals surface area contributed by atoms with Crippen LogP contribution >= 0.6 is 0 Å². The Bertz CT molecular complexity index is 1160. The summed E-state index contributed by atoms with van der Waals surface area (Å²) in [5, 5.41) is 42.3. The van der Waals surface area contributed by atoms with E-state index in [2.05, 4.69) is 31.6 Å². The van der Waals surface area contributed by atoms with Crippen molar-refractivity contribution >= 4 is 41.5 Å². The van der Waals surface area contributed by atoms with Crippen LogP contribution in [-0.4, -0.2) is 106 Å². The Hall–Kier alpha value is -4.25. The van der Waals surface area contributed by atoms with Crippen molar-refractivity contribution in [2.24, 2.45) is 28.3 Å². The van der Waals surface area contributed by atoms with Gasteiger partial charge in [0.15, 0.2) is 5.96 Å². The number of aliphatic hydroxyl groups excluding tert-OH is 1. The highest BCUT2D eigenvalue weighted by atomic mass is 16.4. The molecule has 1 saturated heterocycles. The van der Waals surface area contributed by atoms with E-state index in [1.54, 1.807) is 6.92 Å². The summed E-state index contributed by atoms with van der Waals surface area (Å²) in [5.74, 6) is -4.91. The lowest BCUT2D eigenvalue weighted by Crippen LogP contribution is -2.55. The first-order chi connectivity index (χ1) is 21.9. The van der Waals surface area contributed by atoms with Gasteiger partial charge in [0.25, 0.3) is 0 Å². The minimum atomic E-state index is -1.35. The Labute approximate surface area is 274 Å². The highest BCUT2D eigenvalue weighted by Crippen LogP contribution is 2.15. The Morgan fingerprint density at radius 2 is 1.49 bits per heavy atom. The molecule has 0 aromatic carbocycles. The van der Waals surface area contributed by atoms with Gasteiger partial charge in [0.1, 0.15) is 24.2 Å². The lowest BCUT2D eigenvalue weighted by atomic mass is 9.95. The van der Waals surface area contributed by atoms with Crippen molar-refractivity contribution < 1.29 is 44.1 Å². The molecule has 12 N–H and O–H groups in total. The third kappa shape index (κ3) is 16.2. The Kier molecular flexibility index (Phi) is 17.4. The number of nitrogens with one attached hydrogen (secondary N) is 5. The zero-order valence-corrected chi connectivity index (χ0v) is 27.7. The lowest BCUT2D eigenvalue weighted by Gasteiger charge is -2.29. The SMILES string of the molecule is CCC(NC(=O)CC(O)C(CC(C)C)NC(=O)C(CC(C)C)NC(=O)C1NC1C(=O)O)C(=O)NC(C=CC(=O)O)CCCN=C(N)N. The van der Waals surface area contributed by atoms with Crippen LogP contribution in [0.15, 0.2) is 17.1 Å². The molecule has 0 saturated carbocycles. The second-order valence-corrected chi connectivity index (χ2v) is 12.5. The number of carbonyl (C=O) groups excluding carboxylic acids is 4. The van der Waals surface area contributed by atoms with Gasteiger partial charge in [0, 0.05) is 18.7 Å². The summed E-state index contributed by atoms with van der Waals surface area (Å²) in [7, 11) is 0. The lowest BCUT2D eigenvalue weighted by molar-refractivity contribution is -0.137. The maximum Gasteiger partial charge on any atom is 0.328 e. The first kappa shape index (κ1) is 40.8. The Morgan fingerprint density at radius 3 is 2.00 bits per heavy atom. The van der Waals surface area contributed by atoms with Crippen LogP contribution in [0.3, 0.4) is 0 Å². The summed E-state index contributed by atoms with van der Waals surface area (Å²) in [4.78, 5) is 77.9. The predicted molar refractivity (Wildman–Crippen MR) is 173 cm³/mol. The van der Waals surface area contributed by atoms with Gasteiger partial charge in [-0.25, -0.2) is 4.79 Å². The predicted octanol–water partition coefficient (Wildman–Crippen LogP) is -1.70. The number of aliphatic imine (C=N–C) groups is 1.